The summed E-state index contributed by atoms with van der Waals surface area (Å²) < 4.78 is 20.2. The van der Waals surface area contributed by atoms with Crippen LogP contribution in [0.3, 0.4) is 0 Å². The van der Waals surface area contributed by atoms with Crippen molar-refractivity contribution in [3.8, 4) is 0 Å². The molecule has 202 valence electrons. The SMILES string of the molecule is O=C1NC(=O)C(O)(O)C(O)(O)C1N1Cc2c(NCc3ccc(CN4CCOCC4)cc3F)cccc2C1=O. The Morgan fingerprint density at radius 2 is 1.82 bits per heavy atom. The van der Waals surface area contributed by atoms with E-state index in [4.69, 9.17) is 4.74 Å². The Labute approximate surface area is 216 Å². The van der Waals surface area contributed by atoms with E-state index in [0.717, 1.165) is 23.6 Å². The normalized spacial score (nSPS) is 22.8. The van der Waals surface area contributed by atoms with Crippen molar-refractivity contribution >= 4 is 23.4 Å². The number of anilines is 1. The largest absolute Gasteiger partial charge is 0.381 e. The third-order valence-corrected chi connectivity index (χ3v) is 7.10. The number of rotatable bonds is 6. The number of amides is 3. The van der Waals surface area contributed by atoms with E-state index < -0.39 is 41.2 Å². The van der Waals surface area contributed by atoms with Gasteiger partial charge in [-0.05, 0) is 23.8 Å². The summed E-state index contributed by atoms with van der Waals surface area (Å²) in [4.78, 5) is 40.2. The number of hydrogen-bond donors (Lipinski definition) is 6. The molecule has 2 fully saturated rings. The van der Waals surface area contributed by atoms with Gasteiger partial charge in [0, 0.05) is 55.1 Å². The highest BCUT2D eigenvalue weighted by Gasteiger charge is 2.67. The second-order valence-corrected chi connectivity index (χ2v) is 9.55. The number of aliphatic hydroxyl groups is 4. The predicted molar refractivity (Wildman–Crippen MR) is 127 cm³/mol. The number of halogens is 1. The second kappa shape index (κ2) is 9.69. The Bertz CT molecular complexity index is 1290. The third kappa shape index (κ3) is 4.42. The number of benzene rings is 2. The molecule has 0 aliphatic carbocycles. The molecule has 3 heterocycles. The van der Waals surface area contributed by atoms with Crippen LogP contribution >= 0.6 is 0 Å². The highest BCUT2D eigenvalue weighted by atomic mass is 19.1. The number of imide groups is 1. The molecule has 6 N–H and O–H groups in total. The van der Waals surface area contributed by atoms with E-state index in [9.17, 15) is 39.2 Å². The first-order chi connectivity index (χ1) is 18.0. The van der Waals surface area contributed by atoms with Crippen molar-refractivity contribution in [2.45, 2.75) is 37.3 Å². The molecule has 3 amide bonds. The van der Waals surface area contributed by atoms with Crippen LogP contribution in [0.1, 0.15) is 27.0 Å². The molecule has 0 radical (unpaired) electrons. The Hall–Kier alpha value is -3.46. The third-order valence-electron chi connectivity index (χ3n) is 7.10. The Morgan fingerprint density at radius 1 is 1.08 bits per heavy atom. The Kier molecular flexibility index (Phi) is 6.67. The lowest BCUT2D eigenvalue weighted by atomic mass is 9.90. The van der Waals surface area contributed by atoms with E-state index in [-0.39, 0.29) is 18.7 Å². The fourth-order valence-electron chi connectivity index (χ4n) is 4.94. The Balaban J connectivity index is 1.32. The summed E-state index contributed by atoms with van der Waals surface area (Å²) in [7, 11) is 0. The molecule has 38 heavy (non-hydrogen) atoms. The fraction of sp³-hybridized carbons (Fsp3) is 0.400. The van der Waals surface area contributed by atoms with Crippen LogP contribution in [0.25, 0.3) is 0 Å². The maximum absolute atomic E-state index is 14.9. The van der Waals surface area contributed by atoms with Gasteiger partial charge in [-0.3, -0.25) is 24.6 Å². The van der Waals surface area contributed by atoms with E-state index in [1.165, 1.54) is 12.1 Å². The minimum Gasteiger partial charge on any atom is -0.381 e. The zero-order valence-corrected chi connectivity index (χ0v) is 20.2. The summed E-state index contributed by atoms with van der Waals surface area (Å²) >= 11 is 0. The quantitative estimate of drug-likeness (QED) is 0.193. The average Bonchev–Trinajstić information content (AvgIpc) is 3.19. The van der Waals surface area contributed by atoms with Crippen LogP contribution in [-0.4, -0.2) is 91.9 Å². The van der Waals surface area contributed by atoms with Gasteiger partial charge in [-0.2, -0.15) is 0 Å². The number of carbonyl (C=O) groups is 3. The van der Waals surface area contributed by atoms with Gasteiger partial charge in [0.2, 0.25) is 0 Å². The van der Waals surface area contributed by atoms with E-state index in [0.29, 0.717) is 36.6 Å². The first kappa shape index (κ1) is 26.2. The number of hydrogen-bond acceptors (Lipinski definition) is 10. The van der Waals surface area contributed by atoms with E-state index in [2.05, 4.69) is 10.2 Å². The van der Waals surface area contributed by atoms with Crippen LogP contribution in [-0.2, 0) is 34.0 Å². The lowest BCUT2D eigenvalue weighted by molar-refractivity contribution is -0.355. The van der Waals surface area contributed by atoms with Crippen molar-refractivity contribution in [3.05, 3.63) is 64.5 Å². The van der Waals surface area contributed by atoms with E-state index in [1.807, 2.05) is 6.07 Å². The molecule has 12 nitrogen and oxygen atoms in total. The molecule has 13 heteroatoms. The van der Waals surface area contributed by atoms with Gasteiger partial charge in [0.1, 0.15) is 5.82 Å². The minimum atomic E-state index is -3.74. The van der Waals surface area contributed by atoms with Crippen LogP contribution in [0.5, 0.6) is 0 Å². The molecule has 0 aromatic heterocycles. The molecule has 1 unspecified atom stereocenters. The van der Waals surface area contributed by atoms with Crippen LogP contribution in [0.2, 0.25) is 0 Å². The smallest absolute Gasteiger partial charge is 0.303 e. The van der Waals surface area contributed by atoms with Crippen LogP contribution in [0.15, 0.2) is 36.4 Å². The molecule has 3 aliphatic rings. The highest BCUT2D eigenvalue weighted by Crippen LogP contribution is 2.36. The molecular weight excluding hydrogens is 503 g/mol. The lowest BCUT2D eigenvalue weighted by Crippen LogP contribution is -2.79. The van der Waals surface area contributed by atoms with Gasteiger partial charge in [0.25, 0.3) is 23.5 Å². The molecule has 0 spiro atoms. The lowest BCUT2D eigenvalue weighted by Gasteiger charge is -2.44. The number of morpholine rings is 1. The summed E-state index contributed by atoms with van der Waals surface area (Å²) in [6.07, 6.45) is 0. The number of nitrogens with one attached hydrogen (secondary N) is 2. The molecular formula is C25H27FN4O8. The molecule has 2 aromatic rings. The predicted octanol–water partition coefficient (Wildman–Crippen LogP) is -1.39. The van der Waals surface area contributed by atoms with Crippen LogP contribution in [0.4, 0.5) is 10.1 Å². The number of carbonyl (C=O) groups excluding carboxylic acids is 3. The van der Waals surface area contributed by atoms with Gasteiger partial charge >= 0.3 is 5.79 Å². The number of piperidine rings is 1. The summed E-state index contributed by atoms with van der Waals surface area (Å²) in [5.74, 6) is -11.6. The molecule has 0 bridgehead atoms. The summed E-state index contributed by atoms with van der Waals surface area (Å²) in [5.41, 5.74) is 2.15. The van der Waals surface area contributed by atoms with Crippen molar-refractivity contribution in [2.24, 2.45) is 0 Å². The van der Waals surface area contributed by atoms with Crippen molar-refractivity contribution in [3.63, 3.8) is 0 Å². The van der Waals surface area contributed by atoms with Gasteiger partial charge in [-0.1, -0.05) is 18.2 Å². The number of nitrogens with zero attached hydrogens (tertiary/aromatic N) is 2. The number of fused-ring (bicyclic) bond motifs is 1. The second-order valence-electron chi connectivity index (χ2n) is 9.55. The molecule has 3 aliphatic heterocycles. The minimum absolute atomic E-state index is 0.0764. The summed E-state index contributed by atoms with van der Waals surface area (Å²) in [6, 6.07) is 7.46. The zero-order valence-electron chi connectivity index (χ0n) is 20.2. The summed E-state index contributed by atoms with van der Waals surface area (Å²) in [6.45, 7) is 3.23. The van der Waals surface area contributed by atoms with Crippen molar-refractivity contribution in [1.29, 1.82) is 0 Å². The number of ether oxygens (including phenoxy) is 1. The maximum Gasteiger partial charge on any atom is 0.303 e. The zero-order chi connectivity index (χ0) is 27.2. The molecule has 0 saturated carbocycles. The van der Waals surface area contributed by atoms with Gasteiger partial charge in [-0.15, -0.1) is 0 Å². The topological polar surface area (TPSA) is 172 Å². The molecule has 5 rings (SSSR count). The van der Waals surface area contributed by atoms with Gasteiger partial charge in [-0.25, -0.2) is 4.39 Å². The van der Waals surface area contributed by atoms with Crippen LogP contribution in [0, 0.1) is 5.82 Å². The van der Waals surface area contributed by atoms with Crippen molar-refractivity contribution in [1.82, 2.24) is 15.1 Å². The van der Waals surface area contributed by atoms with Gasteiger partial charge in [0.05, 0.1) is 13.2 Å². The average molecular weight is 531 g/mol. The maximum atomic E-state index is 14.9. The molecule has 2 saturated heterocycles. The summed E-state index contributed by atoms with van der Waals surface area (Å²) in [5, 5.41) is 45.3. The van der Waals surface area contributed by atoms with Gasteiger partial charge in [0.15, 0.2) is 6.04 Å². The van der Waals surface area contributed by atoms with E-state index in [1.54, 1.807) is 23.5 Å². The van der Waals surface area contributed by atoms with Gasteiger partial charge < -0.3 is 35.4 Å². The first-order valence-electron chi connectivity index (χ1n) is 12.0. The van der Waals surface area contributed by atoms with E-state index >= 15 is 0 Å². The fourth-order valence-corrected chi connectivity index (χ4v) is 4.94. The van der Waals surface area contributed by atoms with Crippen LogP contribution < -0.4 is 10.6 Å². The van der Waals surface area contributed by atoms with Crippen molar-refractivity contribution < 1.29 is 43.9 Å². The standard InChI is InChI=1S/C25H27FN4O8/c26-18-10-14(12-29-6-8-38-9-7-29)4-5-15(18)11-27-19-3-1-2-16-17(19)13-30(22(16)32)20-21(31)28-23(33)25(36,37)24(20,34)35/h1-5,10,20,27,34-37H,6-9,11-13H2,(H,28,31,33). The molecule has 1 atom stereocenters. The monoisotopic (exact) mass is 530 g/mol. The molecule has 2 aromatic carbocycles. The highest BCUT2D eigenvalue weighted by molar-refractivity contribution is 6.08. The van der Waals surface area contributed by atoms with Crippen molar-refractivity contribution in [2.75, 3.05) is 31.6 Å². The Morgan fingerprint density at radius 3 is 2.53 bits per heavy atom. The first-order valence-corrected chi connectivity index (χ1v) is 12.0.